The molecule has 0 spiro atoms. The van der Waals surface area contributed by atoms with Gasteiger partial charge in [0.15, 0.2) is 23.0 Å². The highest BCUT2D eigenvalue weighted by atomic mass is 16.6. The van der Waals surface area contributed by atoms with Crippen LogP contribution in [0.1, 0.15) is 110 Å². The highest BCUT2D eigenvalue weighted by molar-refractivity contribution is 5.90. The molecule has 1 unspecified atom stereocenters. The van der Waals surface area contributed by atoms with Crippen molar-refractivity contribution in [1.29, 1.82) is 5.26 Å². The Morgan fingerprint density at radius 1 is 0.833 bits per heavy atom. The van der Waals surface area contributed by atoms with Gasteiger partial charge in [-0.05, 0) is 101 Å². The molecule has 3 rings (SSSR count). The fraction of sp³-hybridized carbons (Fsp3) is 0.590. The number of methoxy groups -OCH3 is 1. The predicted octanol–water partition coefficient (Wildman–Crippen LogP) is 7.83. The topological polar surface area (TPSA) is 139 Å². The van der Waals surface area contributed by atoms with E-state index in [0.717, 1.165) is 49.7 Å². The Hall–Kier alpha value is -3.74. The van der Waals surface area contributed by atoms with Crippen molar-refractivity contribution >= 4 is 17.6 Å². The zero-order valence-electron chi connectivity index (χ0n) is 30.0. The molecule has 9 heteroatoms. The van der Waals surface area contributed by atoms with Crippen molar-refractivity contribution in [2.45, 2.75) is 110 Å². The number of benzene rings is 2. The Balaban J connectivity index is 1.30. The maximum absolute atomic E-state index is 12.9. The van der Waals surface area contributed by atoms with E-state index in [4.69, 9.17) is 35.2 Å². The van der Waals surface area contributed by atoms with Crippen LogP contribution in [-0.4, -0.2) is 50.6 Å². The number of unbranched alkanes of at least 4 members (excludes halogenated alkanes) is 8. The number of carbonyl (C=O) groups excluding carboxylic acids is 1. The van der Waals surface area contributed by atoms with Gasteiger partial charge in [0.2, 0.25) is 0 Å². The van der Waals surface area contributed by atoms with Crippen LogP contribution < -0.4 is 30.4 Å². The van der Waals surface area contributed by atoms with Gasteiger partial charge in [-0.1, -0.05) is 51.0 Å². The SMILES string of the molecule is COc1cc(/C(C#N)=C/c2ccc3c(c2)OCCO3)ccc1OCCCCCCCCCCCOC(=O)C(C)(CC(C)(C)N)C(C)(C)N. The van der Waals surface area contributed by atoms with Crippen molar-refractivity contribution in [3.63, 3.8) is 0 Å². The lowest BCUT2D eigenvalue weighted by atomic mass is 9.67. The van der Waals surface area contributed by atoms with Gasteiger partial charge in [0.05, 0.1) is 37.4 Å². The summed E-state index contributed by atoms with van der Waals surface area (Å²) < 4.78 is 28.5. The third-order valence-corrected chi connectivity index (χ3v) is 8.93. The second-order valence-corrected chi connectivity index (χ2v) is 14.3. The molecule has 0 saturated carbocycles. The van der Waals surface area contributed by atoms with E-state index in [1.54, 1.807) is 7.11 Å². The molecule has 48 heavy (non-hydrogen) atoms. The summed E-state index contributed by atoms with van der Waals surface area (Å²) in [6, 6.07) is 13.5. The molecule has 0 amide bonds. The smallest absolute Gasteiger partial charge is 0.313 e. The first kappa shape index (κ1) is 38.7. The van der Waals surface area contributed by atoms with Gasteiger partial charge < -0.3 is 35.2 Å². The maximum Gasteiger partial charge on any atom is 0.313 e. The molecule has 0 bridgehead atoms. The van der Waals surface area contributed by atoms with Gasteiger partial charge in [-0.2, -0.15) is 5.26 Å². The normalized spacial score (nSPS) is 14.5. The van der Waals surface area contributed by atoms with Crippen LogP contribution in [0.2, 0.25) is 0 Å². The maximum atomic E-state index is 12.9. The van der Waals surface area contributed by atoms with Crippen molar-refractivity contribution in [2.24, 2.45) is 16.9 Å². The zero-order chi connectivity index (χ0) is 35.2. The molecule has 1 aliphatic rings. The van der Waals surface area contributed by atoms with Crippen LogP contribution in [0.3, 0.4) is 0 Å². The zero-order valence-corrected chi connectivity index (χ0v) is 30.0. The van der Waals surface area contributed by atoms with E-state index in [0.29, 0.717) is 61.4 Å². The Labute approximate surface area is 287 Å². The third kappa shape index (κ3) is 11.7. The van der Waals surface area contributed by atoms with Crippen LogP contribution in [0.25, 0.3) is 11.6 Å². The number of nitrogens with two attached hydrogens (primary N) is 2. The minimum atomic E-state index is -0.845. The lowest BCUT2D eigenvalue weighted by Crippen LogP contribution is -2.58. The minimum Gasteiger partial charge on any atom is -0.493 e. The number of rotatable bonds is 20. The number of hydrogen-bond acceptors (Lipinski definition) is 9. The average Bonchev–Trinajstić information content (AvgIpc) is 3.04. The van der Waals surface area contributed by atoms with Crippen molar-refractivity contribution in [2.75, 3.05) is 33.5 Å². The number of ether oxygens (including phenoxy) is 5. The van der Waals surface area contributed by atoms with Crippen molar-refractivity contribution < 1.29 is 28.5 Å². The second kappa shape index (κ2) is 18.1. The van der Waals surface area contributed by atoms with E-state index in [1.165, 1.54) is 19.3 Å². The molecule has 264 valence electrons. The van der Waals surface area contributed by atoms with Crippen LogP contribution in [0.4, 0.5) is 0 Å². The largest absolute Gasteiger partial charge is 0.493 e. The lowest BCUT2D eigenvalue weighted by Gasteiger charge is -2.42. The Kier molecular flexibility index (Phi) is 14.6. The predicted molar refractivity (Wildman–Crippen MR) is 191 cm³/mol. The molecule has 0 saturated heterocycles. The molecule has 1 aliphatic heterocycles. The third-order valence-electron chi connectivity index (χ3n) is 8.93. The Bertz CT molecular complexity index is 1400. The van der Waals surface area contributed by atoms with Crippen molar-refractivity contribution in [3.05, 3.63) is 47.5 Å². The summed E-state index contributed by atoms with van der Waals surface area (Å²) in [6.45, 7) is 11.5. The van der Waals surface area contributed by atoms with Gasteiger partial charge in [0.1, 0.15) is 13.2 Å². The number of esters is 1. The molecule has 0 radical (unpaired) electrons. The second-order valence-electron chi connectivity index (χ2n) is 14.3. The van der Waals surface area contributed by atoms with E-state index in [-0.39, 0.29) is 5.97 Å². The molecule has 9 nitrogen and oxygen atoms in total. The number of fused-ring (bicyclic) bond motifs is 1. The lowest BCUT2D eigenvalue weighted by molar-refractivity contribution is -0.160. The van der Waals surface area contributed by atoms with Crippen LogP contribution in [-0.2, 0) is 9.53 Å². The molecule has 2 aromatic rings. The Morgan fingerprint density at radius 3 is 2.02 bits per heavy atom. The number of allylic oxidation sites excluding steroid dienone is 1. The molecular formula is C39H57N3O6. The number of hydrogen-bond donors (Lipinski definition) is 2. The summed E-state index contributed by atoms with van der Waals surface area (Å²) in [5.41, 5.74) is 12.6. The molecule has 0 fully saturated rings. The summed E-state index contributed by atoms with van der Waals surface area (Å²) in [4.78, 5) is 12.9. The fourth-order valence-corrected chi connectivity index (χ4v) is 5.87. The highest BCUT2D eigenvalue weighted by Crippen LogP contribution is 2.38. The summed E-state index contributed by atoms with van der Waals surface area (Å²) in [7, 11) is 1.61. The van der Waals surface area contributed by atoms with E-state index in [9.17, 15) is 10.1 Å². The molecule has 2 aromatic carbocycles. The van der Waals surface area contributed by atoms with Gasteiger partial charge in [0.25, 0.3) is 0 Å². The molecule has 0 aliphatic carbocycles. The van der Waals surface area contributed by atoms with Crippen LogP contribution in [0.5, 0.6) is 23.0 Å². The quantitative estimate of drug-likeness (QED) is 0.0628. The molecule has 4 N–H and O–H groups in total. The summed E-state index contributed by atoms with van der Waals surface area (Å²) in [6.07, 6.45) is 12.1. The first-order chi connectivity index (χ1) is 22.8. The highest BCUT2D eigenvalue weighted by Gasteiger charge is 2.48. The average molecular weight is 664 g/mol. The molecule has 1 atom stereocenters. The molecule has 0 aromatic heterocycles. The molecular weight excluding hydrogens is 606 g/mol. The van der Waals surface area contributed by atoms with Gasteiger partial charge in [-0.3, -0.25) is 4.79 Å². The van der Waals surface area contributed by atoms with Crippen LogP contribution >= 0.6 is 0 Å². The van der Waals surface area contributed by atoms with E-state index >= 15 is 0 Å². The molecule has 1 heterocycles. The first-order valence-corrected chi connectivity index (χ1v) is 17.3. The minimum absolute atomic E-state index is 0.262. The van der Waals surface area contributed by atoms with E-state index < -0.39 is 16.5 Å². The summed E-state index contributed by atoms with van der Waals surface area (Å²) in [5.74, 6) is 2.41. The number of nitrogens with zero attached hydrogens (tertiary/aromatic N) is 1. The van der Waals surface area contributed by atoms with Crippen molar-refractivity contribution in [3.8, 4) is 29.1 Å². The first-order valence-electron chi connectivity index (χ1n) is 17.3. The van der Waals surface area contributed by atoms with Gasteiger partial charge in [-0.15, -0.1) is 0 Å². The van der Waals surface area contributed by atoms with Gasteiger partial charge in [-0.25, -0.2) is 0 Å². The summed E-state index contributed by atoms with van der Waals surface area (Å²) >= 11 is 0. The van der Waals surface area contributed by atoms with Crippen LogP contribution in [0.15, 0.2) is 36.4 Å². The number of carbonyl (C=O) groups is 1. The summed E-state index contributed by atoms with van der Waals surface area (Å²) in [5, 5.41) is 9.86. The number of nitriles is 1. The van der Waals surface area contributed by atoms with Gasteiger partial charge >= 0.3 is 5.97 Å². The van der Waals surface area contributed by atoms with E-state index in [1.807, 2.05) is 77.1 Å². The Morgan fingerprint density at radius 2 is 1.44 bits per heavy atom. The monoisotopic (exact) mass is 663 g/mol. The van der Waals surface area contributed by atoms with Gasteiger partial charge in [0, 0.05) is 11.1 Å². The van der Waals surface area contributed by atoms with Crippen LogP contribution in [0, 0.1) is 16.7 Å². The standard InChI is InChI=1S/C39H57N3O6/c1-37(2,41)28-39(5,38(3,4)42)36(43)48-21-15-13-11-9-7-8-10-12-14-20-45-32-19-17-30(26-34(32)44-6)31(27-40)24-29-16-18-33-35(25-29)47-23-22-46-33/h16-19,24-26H,7-15,20-23,28,41-42H2,1-6H3/b31-24+. The van der Waals surface area contributed by atoms with Crippen molar-refractivity contribution in [1.82, 2.24) is 0 Å². The fourth-order valence-electron chi connectivity index (χ4n) is 5.87. The van der Waals surface area contributed by atoms with E-state index in [2.05, 4.69) is 6.07 Å².